The number of aromatic nitrogens is 1. The molecule has 0 spiro atoms. The van der Waals surface area contributed by atoms with E-state index in [1.54, 1.807) is 23.7 Å². The van der Waals surface area contributed by atoms with Crippen LogP contribution in [0.2, 0.25) is 5.15 Å². The number of hydrogen-bond acceptors (Lipinski definition) is 3. The normalized spacial score (nSPS) is 12.3. The number of amides is 1. The maximum absolute atomic E-state index is 13.1. The first kappa shape index (κ1) is 15.2. The zero-order valence-corrected chi connectivity index (χ0v) is 12.2. The molecule has 18 heavy (non-hydrogen) atoms. The van der Waals surface area contributed by atoms with E-state index in [0.29, 0.717) is 0 Å². The zero-order chi connectivity index (χ0) is 13.7. The van der Waals surface area contributed by atoms with Gasteiger partial charge in [-0.3, -0.25) is 4.79 Å². The molecule has 1 heterocycles. The van der Waals surface area contributed by atoms with Gasteiger partial charge in [-0.25, -0.2) is 9.37 Å². The number of hydrogen-bond donors (Lipinski definition) is 0. The van der Waals surface area contributed by atoms with E-state index in [0.717, 1.165) is 24.4 Å². The highest BCUT2D eigenvalue weighted by Crippen LogP contribution is 2.18. The second kappa shape index (κ2) is 6.95. The monoisotopic (exact) mass is 290 g/mol. The molecule has 0 aliphatic heterocycles. The van der Waals surface area contributed by atoms with E-state index in [2.05, 4.69) is 4.98 Å². The Morgan fingerprint density at radius 2 is 2.33 bits per heavy atom. The summed E-state index contributed by atoms with van der Waals surface area (Å²) in [5.41, 5.74) is 0.110. The van der Waals surface area contributed by atoms with Gasteiger partial charge in [-0.2, -0.15) is 11.8 Å². The number of halogens is 2. The summed E-state index contributed by atoms with van der Waals surface area (Å²) in [5.74, 6) is -0.0268. The summed E-state index contributed by atoms with van der Waals surface area (Å²) in [6.45, 7) is 2.01. The molecule has 0 radical (unpaired) electrons. The van der Waals surface area contributed by atoms with E-state index in [1.165, 1.54) is 0 Å². The molecule has 1 atom stereocenters. The van der Waals surface area contributed by atoms with Crippen LogP contribution in [0.5, 0.6) is 0 Å². The molecule has 0 aromatic carbocycles. The van der Waals surface area contributed by atoms with E-state index in [1.807, 2.05) is 13.2 Å². The van der Waals surface area contributed by atoms with Gasteiger partial charge in [0.2, 0.25) is 0 Å². The molecule has 6 heteroatoms. The predicted octanol–water partition coefficient (Wildman–Crippen LogP) is 3.09. The Kier molecular flexibility index (Phi) is 5.88. The third kappa shape index (κ3) is 3.59. The fourth-order valence-corrected chi connectivity index (χ4v) is 2.65. The van der Waals surface area contributed by atoms with Crippen molar-refractivity contribution >= 4 is 29.3 Å². The van der Waals surface area contributed by atoms with Crippen LogP contribution in [0.15, 0.2) is 12.3 Å². The zero-order valence-electron chi connectivity index (χ0n) is 10.6. The average molecular weight is 291 g/mol. The van der Waals surface area contributed by atoms with Crippen molar-refractivity contribution in [1.29, 1.82) is 0 Å². The lowest BCUT2D eigenvalue weighted by atomic mass is 10.2. The topological polar surface area (TPSA) is 33.2 Å². The van der Waals surface area contributed by atoms with Gasteiger partial charge in [-0.05, 0) is 18.7 Å². The highest BCUT2D eigenvalue weighted by Gasteiger charge is 2.22. The van der Waals surface area contributed by atoms with E-state index < -0.39 is 5.82 Å². The van der Waals surface area contributed by atoms with E-state index >= 15 is 0 Å². The summed E-state index contributed by atoms with van der Waals surface area (Å²) in [5, 5.41) is 0.0345. The second-order valence-corrected chi connectivity index (χ2v) is 5.19. The molecule has 1 amide bonds. The van der Waals surface area contributed by atoms with Crippen LogP contribution in [0, 0.1) is 5.82 Å². The van der Waals surface area contributed by atoms with Crippen molar-refractivity contribution in [2.24, 2.45) is 0 Å². The first-order valence-electron chi connectivity index (χ1n) is 5.58. The molecule has 0 saturated heterocycles. The Hall–Kier alpha value is -0.810. The van der Waals surface area contributed by atoms with Crippen molar-refractivity contribution in [3.8, 4) is 0 Å². The number of carbonyl (C=O) groups excluding carboxylic acids is 1. The van der Waals surface area contributed by atoms with Gasteiger partial charge in [0, 0.05) is 18.8 Å². The van der Waals surface area contributed by atoms with Gasteiger partial charge in [0.15, 0.2) is 0 Å². The Bertz CT molecular complexity index is 431. The minimum atomic E-state index is -0.561. The standard InChI is InChI=1S/C12H16ClFN2OS/c1-4-9(7-18-3)16(2)12(17)10-5-8(14)6-15-11(10)13/h5-6,9H,4,7H2,1-3H3. The lowest BCUT2D eigenvalue weighted by Gasteiger charge is -2.27. The molecule has 1 unspecified atom stereocenters. The summed E-state index contributed by atoms with van der Waals surface area (Å²) in [4.78, 5) is 17.5. The van der Waals surface area contributed by atoms with Crippen LogP contribution in [0.25, 0.3) is 0 Å². The van der Waals surface area contributed by atoms with Crippen molar-refractivity contribution in [2.45, 2.75) is 19.4 Å². The molecule has 0 aliphatic carbocycles. The Morgan fingerprint density at radius 3 is 2.89 bits per heavy atom. The van der Waals surface area contributed by atoms with Crippen molar-refractivity contribution < 1.29 is 9.18 Å². The smallest absolute Gasteiger partial charge is 0.257 e. The Morgan fingerprint density at radius 1 is 1.67 bits per heavy atom. The lowest BCUT2D eigenvalue weighted by molar-refractivity contribution is 0.0743. The third-order valence-electron chi connectivity index (χ3n) is 2.73. The minimum Gasteiger partial charge on any atom is -0.338 e. The fraction of sp³-hybridized carbons (Fsp3) is 0.500. The number of rotatable bonds is 5. The first-order chi connectivity index (χ1) is 8.51. The summed E-state index contributed by atoms with van der Waals surface area (Å²) in [6.07, 6.45) is 3.82. The number of carbonyl (C=O) groups is 1. The van der Waals surface area contributed by atoms with Gasteiger partial charge in [0.25, 0.3) is 5.91 Å². The molecule has 100 valence electrons. The predicted molar refractivity (Wildman–Crippen MR) is 73.8 cm³/mol. The van der Waals surface area contributed by atoms with Crippen LogP contribution >= 0.6 is 23.4 Å². The molecule has 0 fully saturated rings. The van der Waals surface area contributed by atoms with Crippen LogP contribution < -0.4 is 0 Å². The van der Waals surface area contributed by atoms with Gasteiger partial charge in [0.05, 0.1) is 11.8 Å². The molecule has 3 nitrogen and oxygen atoms in total. The quantitative estimate of drug-likeness (QED) is 0.781. The van der Waals surface area contributed by atoms with Crippen LogP contribution in [-0.4, -0.2) is 40.9 Å². The van der Waals surface area contributed by atoms with E-state index in [-0.39, 0.29) is 22.7 Å². The number of pyridine rings is 1. The molecule has 1 aromatic rings. The first-order valence-corrected chi connectivity index (χ1v) is 7.35. The molecular formula is C12H16ClFN2OS. The Labute approximate surface area is 116 Å². The average Bonchev–Trinajstić information content (AvgIpc) is 2.37. The molecule has 0 N–H and O–H groups in total. The van der Waals surface area contributed by atoms with Crippen LogP contribution in [0.1, 0.15) is 23.7 Å². The SMILES string of the molecule is CCC(CSC)N(C)C(=O)c1cc(F)cnc1Cl. The van der Waals surface area contributed by atoms with Crippen molar-refractivity contribution in [1.82, 2.24) is 9.88 Å². The molecule has 1 rings (SSSR count). The van der Waals surface area contributed by atoms with E-state index in [4.69, 9.17) is 11.6 Å². The number of thioether (sulfide) groups is 1. The van der Waals surface area contributed by atoms with Crippen molar-refractivity contribution in [3.05, 3.63) is 28.8 Å². The highest BCUT2D eigenvalue weighted by atomic mass is 35.5. The maximum atomic E-state index is 13.1. The summed E-state index contributed by atoms with van der Waals surface area (Å²) in [6, 6.07) is 1.23. The van der Waals surface area contributed by atoms with Gasteiger partial charge >= 0.3 is 0 Å². The molecule has 0 bridgehead atoms. The third-order valence-corrected chi connectivity index (χ3v) is 3.75. The maximum Gasteiger partial charge on any atom is 0.257 e. The molecule has 1 aromatic heterocycles. The van der Waals surface area contributed by atoms with Crippen molar-refractivity contribution in [2.75, 3.05) is 19.1 Å². The molecular weight excluding hydrogens is 275 g/mol. The van der Waals surface area contributed by atoms with Gasteiger partial charge in [0.1, 0.15) is 11.0 Å². The number of nitrogens with zero attached hydrogens (tertiary/aromatic N) is 2. The van der Waals surface area contributed by atoms with E-state index in [9.17, 15) is 9.18 Å². The Balaban J connectivity index is 2.95. The largest absolute Gasteiger partial charge is 0.338 e. The lowest BCUT2D eigenvalue weighted by Crippen LogP contribution is -2.38. The van der Waals surface area contributed by atoms with Crippen LogP contribution in [-0.2, 0) is 0 Å². The molecule has 0 aliphatic rings. The van der Waals surface area contributed by atoms with Crippen molar-refractivity contribution in [3.63, 3.8) is 0 Å². The van der Waals surface area contributed by atoms with Crippen LogP contribution in [0.3, 0.4) is 0 Å². The van der Waals surface area contributed by atoms with Gasteiger partial charge in [-0.15, -0.1) is 0 Å². The van der Waals surface area contributed by atoms with Crippen LogP contribution in [0.4, 0.5) is 4.39 Å². The molecule has 0 saturated carbocycles. The minimum absolute atomic E-state index is 0.0345. The van der Waals surface area contributed by atoms with Gasteiger partial charge in [-0.1, -0.05) is 18.5 Å². The van der Waals surface area contributed by atoms with Gasteiger partial charge < -0.3 is 4.90 Å². The summed E-state index contributed by atoms with van der Waals surface area (Å²) < 4.78 is 13.1. The highest BCUT2D eigenvalue weighted by molar-refractivity contribution is 7.98. The fourth-order valence-electron chi connectivity index (χ4n) is 1.62. The summed E-state index contributed by atoms with van der Waals surface area (Å²) in [7, 11) is 1.70. The summed E-state index contributed by atoms with van der Waals surface area (Å²) >= 11 is 7.50. The second-order valence-electron chi connectivity index (χ2n) is 3.93.